The molecule has 0 amide bonds. The molecule has 1 fully saturated rings. The van der Waals surface area contributed by atoms with Crippen molar-refractivity contribution < 1.29 is 19.1 Å². The summed E-state index contributed by atoms with van der Waals surface area (Å²) in [6, 6.07) is 0. The van der Waals surface area contributed by atoms with Gasteiger partial charge in [-0.1, -0.05) is 13.8 Å². The Hall–Kier alpha value is -1.19. The molecule has 0 saturated carbocycles. The van der Waals surface area contributed by atoms with Gasteiger partial charge in [0, 0.05) is 5.92 Å². The molecule has 78 valence electrons. The van der Waals surface area contributed by atoms with Gasteiger partial charge in [-0.3, -0.25) is 14.4 Å². The predicted molar refractivity (Wildman–Crippen MR) is 48.2 cm³/mol. The van der Waals surface area contributed by atoms with Crippen molar-refractivity contribution in [3.63, 3.8) is 0 Å². The van der Waals surface area contributed by atoms with Crippen LogP contribution in [0.15, 0.2) is 0 Å². The molecular weight excluding hydrogens is 184 g/mol. The first kappa shape index (κ1) is 10.9. The summed E-state index contributed by atoms with van der Waals surface area (Å²) in [4.78, 5) is 33.6. The Morgan fingerprint density at radius 3 is 2.29 bits per heavy atom. The number of ether oxygens (including phenoxy) is 1. The van der Waals surface area contributed by atoms with E-state index in [1.54, 1.807) is 6.92 Å². The lowest BCUT2D eigenvalue weighted by Gasteiger charge is -2.17. The number of rotatable bonds is 3. The molecule has 0 radical (unpaired) electrons. The van der Waals surface area contributed by atoms with Gasteiger partial charge in [-0.2, -0.15) is 0 Å². The summed E-state index contributed by atoms with van der Waals surface area (Å²) in [5.74, 6) is -2.58. The van der Waals surface area contributed by atoms with E-state index in [-0.39, 0.29) is 11.7 Å². The van der Waals surface area contributed by atoms with Gasteiger partial charge in [0.25, 0.3) is 0 Å². The third-order valence-corrected chi connectivity index (χ3v) is 2.78. The average molecular weight is 198 g/mol. The van der Waals surface area contributed by atoms with E-state index in [4.69, 9.17) is 0 Å². The number of cyclic esters (lactones) is 2. The minimum atomic E-state index is -0.579. The van der Waals surface area contributed by atoms with Crippen LogP contribution in [-0.2, 0) is 19.1 Å². The Labute approximate surface area is 82.6 Å². The highest BCUT2D eigenvalue weighted by Gasteiger charge is 2.46. The maximum Gasteiger partial charge on any atom is 0.318 e. The fraction of sp³-hybridized carbons (Fsp3) is 0.700. The average Bonchev–Trinajstić information content (AvgIpc) is 2.32. The second-order valence-corrected chi connectivity index (χ2v) is 3.68. The highest BCUT2D eigenvalue weighted by atomic mass is 16.6. The highest BCUT2D eigenvalue weighted by Crippen LogP contribution is 2.32. The third kappa shape index (κ3) is 1.69. The molecule has 0 aromatic carbocycles. The Kier molecular flexibility index (Phi) is 3.03. The quantitative estimate of drug-likeness (QED) is 0.500. The van der Waals surface area contributed by atoms with Crippen molar-refractivity contribution in [1.29, 1.82) is 0 Å². The molecule has 4 nitrogen and oxygen atoms in total. The van der Waals surface area contributed by atoms with E-state index in [1.807, 2.05) is 6.92 Å². The van der Waals surface area contributed by atoms with Crippen LogP contribution >= 0.6 is 0 Å². The molecule has 0 aromatic heterocycles. The highest BCUT2D eigenvalue weighted by molar-refractivity contribution is 5.99. The summed E-state index contributed by atoms with van der Waals surface area (Å²) in [6.07, 6.45) is 0.562. The van der Waals surface area contributed by atoms with E-state index in [0.717, 1.165) is 0 Å². The minimum Gasteiger partial charge on any atom is -0.393 e. The first-order valence-corrected chi connectivity index (χ1v) is 4.75. The molecule has 0 spiro atoms. The van der Waals surface area contributed by atoms with Crippen molar-refractivity contribution in [2.75, 3.05) is 0 Å². The van der Waals surface area contributed by atoms with Gasteiger partial charge in [-0.25, -0.2) is 0 Å². The van der Waals surface area contributed by atoms with Gasteiger partial charge < -0.3 is 4.74 Å². The van der Waals surface area contributed by atoms with Crippen molar-refractivity contribution in [2.45, 2.75) is 27.2 Å². The first-order valence-electron chi connectivity index (χ1n) is 4.75. The van der Waals surface area contributed by atoms with Crippen molar-refractivity contribution in [3.05, 3.63) is 0 Å². The Morgan fingerprint density at radius 1 is 1.43 bits per heavy atom. The van der Waals surface area contributed by atoms with Gasteiger partial charge in [0.05, 0.1) is 11.8 Å². The number of Topliss-reactive ketones (excluding diaryl/α,β-unsaturated/α-hetero) is 1. The zero-order valence-electron chi connectivity index (χ0n) is 8.57. The Balaban J connectivity index is 2.90. The Bertz CT molecular complexity index is 282. The molecule has 0 bridgehead atoms. The van der Waals surface area contributed by atoms with Crippen molar-refractivity contribution in [2.24, 2.45) is 17.8 Å². The van der Waals surface area contributed by atoms with Crippen LogP contribution in [0.1, 0.15) is 27.2 Å². The fourth-order valence-electron chi connectivity index (χ4n) is 1.92. The lowest BCUT2D eigenvalue weighted by Crippen LogP contribution is -2.29. The molecule has 1 aliphatic rings. The van der Waals surface area contributed by atoms with Crippen LogP contribution in [0.25, 0.3) is 0 Å². The number of carbonyl (C=O) groups excluding carboxylic acids is 3. The largest absolute Gasteiger partial charge is 0.393 e. The summed E-state index contributed by atoms with van der Waals surface area (Å²) in [5.41, 5.74) is 0. The molecule has 0 N–H and O–H groups in total. The lowest BCUT2D eigenvalue weighted by molar-refractivity contribution is -0.154. The molecule has 1 heterocycles. The van der Waals surface area contributed by atoms with Crippen LogP contribution in [0.5, 0.6) is 0 Å². The van der Waals surface area contributed by atoms with E-state index in [9.17, 15) is 14.4 Å². The third-order valence-electron chi connectivity index (χ3n) is 2.78. The van der Waals surface area contributed by atoms with E-state index >= 15 is 0 Å². The minimum absolute atomic E-state index is 0.0593. The van der Waals surface area contributed by atoms with Crippen LogP contribution in [0, 0.1) is 17.8 Å². The maximum atomic E-state index is 11.3. The first-order chi connectivity index (χ1) is 6.49. The van der Waals surface area contributed by atoms with Crippen LogP contribution < -0.4 is 0 Å². The Morgan fingerprint density at radius 2 is 2.00 bits per heavy atom. The zero-order valence-corrected chi connectivity index (χ0v) is 8.57. The van der Waals surface area contributed by atoms with E-state index < -0.39 is 23.8 Å². The number of hydrogen-bond donors (Lipinski definition) is 0. The van der Waals surface area contributed by atoms with Gasteiger partial charge in [0.15, 0.2) is 0 Å². The molecular formula is C10H14O4. The summed E-state index contributed by atoms with van der Waals surface area (Å²) < 4.78 is 4.49. The maximum absolute atomic E-state index is 11.3. The SMILES string of the molecule is CCC(C(C)=O)C1C(=O)OC(=O)C1C. The van der Waals surface area contributed by atoms with Gasteiger partial charge in [0.2, 0.25) is 0 Å². The summed E-state index contributed by atoms with van der Waals surface area (Å²) >= 11 is 0. The fourth-order valence-corrected chi connectivity index (χ4v) is 1.92. The molecule has 3 atom stereocenters. The van der Waals surface area contributed by atoms with Gasteiger partial charge in [0.1, 0.15) is 5.78 Å². The number of carbonyl (C=O) groups is 3. The monoisotopic (exact) mass is 198 g/mol. The van der Waals surface area contributed by atoms with Gasteiger partial charge in [-0.15, -0.1) is 0 Å². The summed E-state index contributed by atoms with van der Waals surface area (Å²) in [7, 11) is 0. The van der Waals surface area contributed by atoms with Crippen LogP contribution in [0.2, 0.25) is 0 Å². The van der Waals surface area contributed by atoms with E-state index in [1.165, 1.54) is 6.92 Å². The molecule has 1 rings (SSSR count). The molecule has 0 aliphatic carbocycles. The number of hydrogen-bond acceptors (Lipinski definition) is 4. The molecule has 14 heavy (non-hydrogen) atoms. The van der Waals surface area contributed by atoms with Crippen molar-refractivity contribution >= 4 is 17.7 Å². The molecule has 4 heteroatoms. The predicted octanol–water partition coefficient (Wildman–Crippen LogP) is 0.937. The second kappa shape index (κ2) is 3.90. The van der Waals surface area contributed by atoms with Crippen LogP contribution in [0.4, 0.5) is 0 Å². The van der Waals surface area contributed by atoms with E-state index in [0.29, 0.717) is 6.42 Å². The zero-order chi connectivity index (χ0) is 10.9. The lowest BCUT2D eigenvalue weighted by atomic mass is 9.80. The normalized spacial score (nSPS) is 28.8. The van der Waals surface area contributed by atoms with Crippen LogP contribution in [-0.4, -0.2) is 17.7 Å². The molecule has 0 aromatic rings. The number of esters is 2. The van der Waals surface area contributed by atoms with Crippen molar-refractivity contribution in [3.8, 4) is 0 Å². The molecule has 3 unspecified atom stereocenters. The standard InChI is InChI=1S/C10H14O4/c1-4-7(6(3)11)8-5(2)9(12)14-10(8)13/h5,7-8H,4H2,1-3H3. The number of ketones is 1. The summed E-state index contributed by atoms with van der Waals surface area (Å²) in [6.45, 7) is 4.90. The molecule has 1 saturated heterocycles. The second-order valence-electron chi connectivity index (χ2n) is 3.68. The molecule has 1 aliphatic heterocycles. The van der Waals surface area contributed by atoms with Crippen molar-refractivity contribution in [1.82, 2.24) is 0 Å². The smallest absolute Gasteiger partial charge is 0.318 e. The summed E-state index contributed by atoms with van der Waals surface area (Å²) in [5, 5.41) is 0. The van der Waals surface area contributed by atoms with Crippen LogP contribution in [0.3, 0.4) is 0 Å². The topological polar surface area (TPSA) is 60.4 Å². The van der Waals surface area contributed by atoms with E-state index in [2.05, 4.69) is 4.74 Å². The van der Waals surface area contributed by atoms with Gasteiger partial charge >= 0.3 is 11.9 Å². The van der Waals surface area contributed by atoms with Gasteiger partial charge in [-0.05, 0) is 13.3 Å².